The Balaban J connectivity index is 1.81. The third-order valence-corrected chi connectivity index (χ3v) is 4.31. The second-order valence-corrected chi connectivity index (χ2v) is 6.60. The van der Waals surface area contributed by atoms with Crippen molar-refractivity contribution in [3.05, 3.63) is 66.2 Å². The highest BCUT2D eigenvalue weighted by atomic mass is 32.2. The summed E-state index contributed by atoms with van der Waals surface area (Å²) < 4.78 is 37.1. The Kier molecular flexibility index (Phi) is 3.94. The number of hydrogen-bond donors (Lipinski definition) is 2. The highest BCUT2D eigenvalue weighted by molar-refractivity contribution is 7.85. The minimum absolute atomic E-state index is 0.115. The van der Waals surface area contributed by atoms with Crippen molar-refractivity contribution in [3.8, 4) is 5.75 Å². The van der Waals surface area contributed by atoms with E-state index in [9.17, 15) is 8.42 Å². The summed E-state index contributed by atoms with van der Waals surface area (Å²) in [6.07, 6.45) is 0. The fourth-order valence-electron chi connectivity index (χ4n) is 2.25. The molecule has 0 radical (unpaired) electrons. The molecular formula is C17H15NO4S. The van der Waals surface area contributed by atoms with Crippen LogP contribution in [0.3, 0.4) is 0 Å². The Bertz CT molecular complexity index is 950. The van der Waals surface area contributed by atoms with E-state index in [1.165, 1.54) is 12.1 Å². The summed E-state index contributed by atoms with van der Waals surface area (Å²) in [4.78, 5) is -0.115. The monoisotopic (exact) mass is 329 g/mol. The molecule has 6 heteroatoms. The van der Waals surface area contributed by atoms with E-state index >= 15 is 0 Å². The van der Waals surface area contributed by atoms with Crippen molar-refractivity contribution >= 4 is 26.6 Å². The number of ether oxygens (including phenoxy) is 1. The van der Waals surface area contributed by atoms with E-state index in [1.54, 1.807) is 36.4 Å². The van der Waals surface area contributed by atoms with Gasteiger partial charge >= 0.3 is 0 Å². The molecule has 3 N–H and O–H groups in total. The van der Waals surface area contributed by atoms with E-state index in [0.29, 0.717) is 12.3 Å². The molecule has 0 aliphatic rings. The van der Waals surface area contributed by atoms with E-state index in [4.69, 9.17) is 15.0 Å². The number of rotatable bonds is 4. The van der Waals surface area contributed by atoms with Gasteiger partial charge in [0.2, 0.25) is 0 Å². The second-order valence-electron chi connectivity index (χ2n) is 5.18. The average Bonchev–Trinajstić information content (AvgIpc) is 2.53. The first-order valence-corrected chi connectivity index (χ1v) is 8.34. The first-order chi connectivity index (χ1) is 10.9. The van der Waals surface area contributed by atoms with Gasteiger partial charge in [-0.3, -0.25) is 4.55 Å². The molecule has 0 aromatic heterocycles. The van der Waals surface area contributed by atoms with E-state index in [0.717, 1.165) is 22.1 Å². The Hall–Kier alpha value is -2.57. The average molecular weight is 329 g/mol. The molecule has 0 saturated heterocycles. The Morgan fingerprint density at radius 2 is 1.57 bits per heavy atom. The molecule has 0 heterocycles. The molecule has 5 nitrogen and oxygen atoms in total. The van der Waals surface area contributed by atoms with Crippen LogP contribution in [0, 0.1) is 0 Å². The fraction of sp³-hybridized carbons (Fsp3) is 0.0588. The van der Waals surface area contributed by atoms with Crippen molar-refractivity contribution < 1.29 is 17.7 Å². The first-order valence-electron chi connectivity index (χ1n) is 6.90. The number of anilines is 1. The molecule has 0 spiro atoms. The minimum atomic E-state index is -4.19. The zero-order valence-electron chi connectivity index (χ0n) is 12.1. The normalized spacial score (nSPS) is 11.5. The van der Waals surface area contributed by atoms with Crippen LogP contribution < -0.4 is 10.5 Å². The highest BCUT2D eigenvalue weighted by Crippen LogP contribution is 2.22. The summed E-state index contributed by atoms with van der Waals surface area (Å²) in [6, 6.07) is 17.2. The summed E-state index contributed by atoms with van der Waals surface area (Å²) in [6.45, 7) is 0.389. The van der Waals surface area contributed by atoms with Gasteiger partial charge < -0.3 is 10.5 Å². The Morgan fingerprint density at radius 3 is 2.26 bits per heavy atom. The molecule has 0 aliphatic heterocycles. The van der Waals surface area contributed by atoms with Crippen LogP contribution >= 0.6 is 0 Å². The van der Waals surface area contributed by atoms with Gasteiger partial charge in [0, 0.05) is 5.69 Å². The smallest absolute Gasteiger partial charge is 0.294 e. The van der Waals surface area contributed by atoms with Crippen molar-refractivity contribution in [2.75, 3.05) is 5.73 Å². The van der Waals surface area contributed by atoms with Crippen LogP contribution in [0.2, 0.25) is 0 Å². The molecule has 0 fully saturated rings. The van der Waals surface area contributed by atoms with Crippen molar-refractivity contribution in [1.29, 1.82) is 0 Å². The van der Waals surface area contributed by atoms with Gasteiger partial charge in [0.25, 0.3) is 10.1 Å². The minimum Gasteiger partial charge on any atom is -0.489 e. The Labute approximate surface area is 134 Å². The lowest BCUT2D eigenvalue weighted by Crippen LogP contribution is -1.98. The molecular weight excluding hydrogens is 314 g/mol. The van der Waals surface area contributed by atoms with Gasteiger partial charge in [0.05, 0.1) is 4.90 Å². The van der Waals surface area contributed by atoms with Crippen LogP contribution in [0.5, 0.6) is 5.75 Å². The SMILES string of the molecule is Nc1ccc(OCc2ccc3cc(S(=O)(=O)O)ccc3c2)cc1. The van der Waals surface area contributed by atoms with Gasteiger partial charge in [0.1, 0.15) is 12.4 Å². The molecule has 0 saturated carbocycles. The highest BCUT2D eigenvalue weighted by Gasteiger charge is 2.09. The fourth-order valence-corrected chi connectivity index (χ4v) is 2.77. The topological polar surface area (TPSA) is 89.6 Å². The van der Waals surface area contributed by atoms with Gasteiger partial charge in [-0.25, -0.2) is 0 Å². The molecule has 23 heavy (non-hydrogen) atoms. The molecule has 118 valence electrons. The number of nitrogen functional groups attached to an aromatic ring is 1. The van der Waals surface area contributed by atoms with Crippen molar-refractivity contribution in [1.82, 2.24) is 0 Å². The molecule has 0 unspecified atom stereocenters. The van der Waals surface area contributed by atoms with Crippen LogP contribution in [-0.2, 0) is 16.7 Å². The lowest BCUT2D eigenvalue weighted by atomic mass is 10.1. The maximum Gasteiger partial charge on any atom is 0.294 e. The van der Waals surface area contributed by atoms with Crippen LogP contribution in [0.1, 0.15) is 5.56 Å². The van der Waals surface area contributed by atoms with Gasteiger partial charge in [-0.05, 0) is 58.8 Å². The zero-order chi connectivity index (χ0) is 16.4. The summed E-state index contributed by atoms with van der Waals surface area (Å²) >= 11 is 0. The van der Waals surface area contributed by atoms with Crippen LogP contribution in [0.15, 0.2) is 65.6 Å². The predicted molar refractivity (Wildman–Crippen MR) is 88.9 cm³/mol. The quantitative estimate of drug-likeness (QED) is 0.566. The lowest BCUT2D eigenvalue weighted by Gasteiger charge is -2.08. The number of nitrogens with two attached hydrogens (primary N) is 1. The van der Waals surface area contributed by atoms with Crippen molar-refractivity contribution in [3.63, 3.8) is 0 Å². The summed E-state index contributed by atoms with van der Waals surface area (Å²) in [5.74, 6) is 0.723. The third kappa shape index (κ3) is 3.61. The molecule has 0 bridgehead atoms. The zero-order valence-corrected chi connectivity index (χ0v) is 13.0. The summed E-state index contributed by atoms with van der Waals surface area (Å²) in [5, 5.41) is 1.60. The van der Waals surface area contributed by atoms with Crippen LogP contribution in [-0.4, -0.2) is 13.0 Å². The van der Waals surface area contributed by atoms with E-state index in [2.05, 4.69) is 0 Å². The third-order valence-electron chi connectivity index (χ3n) is 3.46. The molecule has 0 amide bonds. The molecule has 0 atom stereocenters. The second kappa shape index (κ2) is 5.91. The number of benzene rings is 3. The number of fused-ring (bicyclic) bond motifs is 1. The van der Waals surface area contributed by atoms with Crippen LogP contribution in [0.4, 0.5) is 5.69 Å². The van der Waals surface area contributed by atoms with Crippen molar-refractivity contribution in [2.45, 2.75) is 11.5 Å². The maximum atomic E-state index is 11.2. The van der Waals surface area contributed by atoms with Gasteiger partial charge in [-0.15, -0.1) is 0 Å². The van der Waals surface area contributed by atoms with Gasteiger partial charge in [-0.1, -0.05) is 18.2 Å². The van der Waals surface area contributed by atoms with E-state index in [-0.39, 0.29) is 4.90 Å². The van der Waals surface area contributed by atoms with E-state index < -0.39 is 10.1 Å². The van der Waals surface area contributed by atoms with Crippen molar-refractivity contribution in [2.24, 2.45) is 0 Å². The molecule has 3 rings (SSSR count). The summed E-state index contributed by atoms with van der Waals surface area (Å²) in [7, 11) is -4.19. The molecule has 3 aromatic rings. The van der Waals surface area contributed by atoms with Gasteiger partial charge in [-0.2, -0.15) is 8.42 Å². The van der Waals surface area contributed by atoms with E-state index in [1.807, 2.05) is 12.1 Å². The van der Waals surface area contributed by atoms with Crippen LogP contribution in [0.25, 0.3) is 10.8 Å². The predicted octanol–water partition coefficient (Wildman–Crippen LogP) is 3.25. The summed E-state index contributed by atoms with van der Waals surface area (Å²) in [5.41, 5.74) is 7.25. The largest absolute Gasteiger partial charge is 0.489 e. The molecule has 0 aliphatic carbocycles. The van der Waals surface area contributed by atoms with Gasteiger partial charge in [0.15, 0.2) is 0 Å². The number of hydrogen-bond acceptors (Lipinski definition) is 4. The standard InChI is InChI=1S/C17H15NO4S/c18-15-4-6-16(7-5-15)22-11-12-1-2-14-10-17(23(19,20)21)8-3-13(14)9-12/h1-10H,11,18H2,(H,19,20,21). The molecule has 3 aromatic carbocycles. The first kappa shape index (κ1) is 15.3. The lowest BCUT2D eigenvalue weighted by molar-refractivity contribution is 0.306. The maximum absolute atomic E-state index is 11.2. The Morgan fingerprint density at radius 1 is 0.913 bits per heavy atom.